The molecule has 20 heavy (non-hydrogen) atoms. The third kappa shape index (κ3) is 5.24. The Hall–Kier alpha value is -0.890. The molecule has 0 aliphatic carbocycles. The highest BCUT2D eigenvalue weighted by Crippen LogP contribution is 2.15. The van der Waals surface area contributed by atoms with E-state index in [0.717, 1.165) is 19.4 Å². The first-order valence-electron chi connectivity index (χ1n) is 6.84. The van der Waals surface area contributed by atoms with E-state index in [-0.39, 0.29) is 11.1 Å². The van der Waals surface area contributed by atoms with Crippen molar-refractivity contribution in [3.63, 3.8) is 0 Å². The highest BCUT2D eigenvalue weighted by Gasteiger charge is 2.22. The first-order chi connectivity index (χ1) is 9.53. The maximum atomic E-state index is 12.2. The number of nitrogens with one attached hydrogen (secondary N) is 2. The van der Waals surface area contributed by atoms with Crippen molar-refractivity contribution in [2.75, 3.05) is 20.3 Å². The van der Waals surface area contributed by atoms with E-state index in [0.29, 0.717) is 18.9 Å². The lowest BCUT2D eigenvalue weighted by molar-refractivity contribution is 0.170. The Morgan fingerprint density at radius 3 is 2.70 bits per heavy atom. The zero-order chi connectivity index (χ0) is 15.0. The summed E-state index contributed by atoms with van der Waals surface area (Å²) in [6.07, 6.45) is 1.60. The lowest BCUT2D eigenvalue weighted by Crippen LogP contribution is -2.37. The van der Waals surface area contributed by atoms with E-state index in [1.54, 1.807) is 13.2 Å². The van der Waals surface area contributed by atoms with E-state index in [1.165, 1.54) is 6.07 Å². The zero-order valence-electron chi connectivity index (χ0n) is 12.3. The number of ether oxygens (including phenoxy) is 1. The molecule has 1 aromatic rings. The Balaban J connectivity index is 2.73. The molecule has 0 amide bonds. The number of hydrogen-bond acceptors (Lipinski definition) is 5. The van der Waals surface area contributed by atoms with E-state index in [9.17, 15) is 8.42 Å². The Kier molecular flexibility index (Phi) is 7.22. The fourth-order valence-corrected chi connectivity index (χ4v) is 3.05. The summed E-state index contributed by atoms with van der Waals surface area (Å²) in [6.45, 7) is 5.63. The van der Waals surface area contributed by atoms with Crippen LogP contribution in [0.1, 0.15) is 32.4 Å². The molecule has 1 atom stereocenters. The molecule has 1 unspecified atom stereocenters. The molecule has 6 nitrogen and oxygen atoms in total. The predicted octanol–water partition coefficient (Wildman–Crippen LogP) is 1.48. The van der Waals surface area contributed by atoms with Crippen LogP contribution < -0.4 is 10.0 Å². The third-order valence-corrected chi connectivity index (χ3v) is 4.17. The summed E-state index contributed by atoms with van der Waals surface area (Å²) in [6, 6.07) is 2.91. The fraction of sp³-hybridized carbons (Fsp3) is 0.692. The summed E-state index contributed by atoms with van der Waals surface area (Å²) in [5.41, 5.74) is 0. The van der Waals surface area contributed by atoms with E-state index in [1.807, 2.05) is 13.8 Å². The fourth-order valence-electron chi connectivity index (χ4n) is 1.85. The van der Waals surface area contributed by atoms with E-state index in [2.05, 4.69) is 10.0 Å². The molecule has 1 aromatic heterocycles. The molecule has 7 heteroatoms. The summed E-state index contributed by atoms with van der Waals surface area (Å²) in [7, 11) is -2.08. The second-order valence-corrected chi connectivity index (χ2v) is 6.21. The molecular weight excluding hydrogens is 280 g/mol. The minimum absolute atomic E-state index is 0.0531. The lowest BCUT2D eigenvalue weighted by Gasteiger charge is -2.16. The van der Waals surface area contributed by atoms with Crippen LogP contribution in [0, 0.1) is 0 Å². The van der Waals surface area contributed by atoms with Gasteiger partial charge in [0.15, 0.2) is 0 Å². The SMILES string of the molecule is CCCC(COC)NS(=O)(=O)c1ccc(CNCC)o1. The van der Waals surface area contributed by atoms with Gasteiger partial charge in [-0.25, -0.2) is 13.1 Å². The summed E-state index contributed by atoms with van der Waals surface area (Å²) in [4.78, 5) is 0. The third-order valence-electron chi connectivity index (χ3n) is 2.78. The van der Waals surface area contributed by atoms with E-state index < -0.39 is 10.0 Å². The van der Waals surface area contributed by atoms with Crippen molar-refractivity contribution in [1.82, 2.24) is 10.0 Å². The van der Waals surface area contributed by atoms with Crippen molar-refractivity contribution in [1.29, 1.82) is 0 Å². The van der Waals surface area contributed by atoms with Crippen molar-refractivity contribution in [3.05, 3.63) is 17.9 Å². The maximum Gasteiger partial charge on any atom is 0.274 e. The molecule has 0 radical (unpaired) electrons. The van der Waals surface area contributed by atoms with Gasteiger partial charge < -0.3 is 14.5 Å². The molecule has 116 valence electrons. The largest absolute Gasteiger partial charge is 0.447 e. The van der Waals surface area contributed by atoms with Gasteiger partial charge in [0.1, 0.15) is 5.76 Å². The number of sulfonamides is 1. The van der Waals surface area contributed by atoms with Crippen molar-refractivity contribution in [3.8, 4) is 0 Å². The van der Waals surface area contributed by atoms with Gasteiger partial charge in [-0.1, -0.05) is 20.3 Å². The van der Waals surface area contributed by atoms with Gasteiger partial charge in [-0.05, 0) is 25.1 Å². The minimum Gasteiger partial charge on any atom is -0.447 e. The van der Waals surface area contributed by atoms with Gasteiger partial charge in [-0.3, -0.25) is 0 Å². The topological polar surface area (TPSA) is 80.6 Å². The number of methoxy groups -OCH3 is 1. The van der Waals surface area contributed by atoms with Gasteiger partial charge in [0.05, 0.1) is 13.2 Å². The molecule has 0 spiro atoms. The van der Waals surface area contributed by atoms with Crippen LogP contribution in [0.4, 0.5) is 0 Å². The maximum absolute atomic E-state index is 12.2. The quantitative estimate of drug-likeness (QED) is 0.684. The van der Waals surface area contributed by atoms with Crippen LogP contribution in [-0.2, 0) is 21.3 Å². The Morgan fingerprint density at radius 1 is 1.35 bits per heavy atom. The predicted molar refractivity (Wildman–Crippen MR) is 77.0 cm³/mol. The second-order valence-electron chi connectivity index (χ2n) is 4.56. The minimum atomic E-state index is -3.63. The van der Waals surface area contributed by atoms with Crippen LogP contribution in [0.3, 0.4) is 0 Å². The van der Waals surface area contributed by atoms with Gasteiger partial charge >= 0.3 is 0 Å². The van der Waals surface area contributed by atoms with Crippen LogP contribution in [0.25, 0.3) is 0 Å². The lowest BCUT2D eigenvalue weighted by atomic mass is 10.2. The van der Waals surface area contributed by atoms with Crippen LogP contribution in [-0.4, -0.2) is 34.7 Å². The monoisotopic (exact) mass is 304 g/mol. The molecule has 0 aromatic carbocycles. The zero-order valence-corrected chi connectivity index (χ0v) is 13.1. The molecule has 0 aliphatic heterocycles. The summed E-state index contributed by atoms with van der Waals surface area (Å²) in [5.74, 6) is 0.603. The summed E-state index contributed by atoms with van der Waals surface area (Å²) >= 11 is 0. The molecular formula is C13H24N2O4S. The van der Waals surface area contributed by atoms with Crippen molar-refractivity contribution in [2.24, 2.45) is 0 Å². The number of rotatable bonds is 10. The van der Waals surface area contributed by atoms with Gasteiger partial charge in [0.2, 0.25) is 5.09 Å². The van der Waals surface area contributed by atoms with Crippen LogP contribution in [0.5, 0.6) is 0 Å². The van der Waals surface area contributed by atoms with Gasteiger partial charge in [-0.15, -0.1) is 0 Å². The molecule has 0 saturated heterocycles. The Morgan fingerprint density at radius 2 is 2.10 bits per heavy atom. The number of furan rings is 1. The molecule has 0 saturated carbocycles. The smallest absolute Gasteiger partial charge is 0.274 e. The van der Waals surface area contributed by atoms with Crippen molar-refractivity contribution >= 4 is 10.0 Å². The normalized spacial score (nSPS) is 13.6. The van der Waals surface area contributed by atoms with Gasteiger partial charge in [0, 0.05) is 13.2 Å². The van der Waals surface area contributed by atoms with E-state index in [4.69, 9.17) is 9.15 Å². The molecule has 1 heterocycles. The average molecular weight is 304 g/mol. The van der Waals surface area contributed by atoms with Crippen molar-refractivity contribution < 1.29 is 17.6 Å². The Labute approximate surface area is 120 Å². The van der Waals surface area contributed by atoms with Crippen molar-refractivity contribution in [2.45, 2.75) is 44.4 Å². The highest BCUT2D eigenvalue weighted by atomic mass is 32.2. The highest BCUT2D eigenvalue weighted by molar-refractivity contribution is 7.89. The molecule has 0 fully saturated rings. The van der Waals surface area contributed by atoms with E-state index >= 15 is 0 Å². The molecule has 1 rings (SSSR count). The van der Waals surface area contributed by atoms with Crippen LogP contribution in [0.15, 0.2) is 21.6 Å². The second kappa shape index (κ2) is 8.41. The van der Waals surface area contributed by atoms with Crippen LogP contribution >= 0.6 is 0 Å². The van der Waals surface area contributed by atoms with Gasteiger partial charge in [-0.2, -0.15) is 0 Å². The molecule has 0 bridgehead atoms. The first-order valence-corrected chi connectivity index (χ1v) is 8.32. The standard InChI is InChI=1S/C13H24N2O4S/c1-4-6-11(10-18-3)15-20(16,17)13-8-7-12(19-13)9-14-5-2/h7-8,11,14-15H,4-6,9-10H2,1-3H3. The molecule has 2 N–H and O–H groups in total. The summed E-state index contributed by atoms with van der Waals surface area (Å²) in [5, 5.41) is 3.03. The average Bonchev–Trinajstić information content (AvgIpc) is 2.86. The Bertz CT molecular complexity index is 478. The van der Waals surface area contributed by atoms with Crippen LogP contribution in [0.2, 0.25) is 0 Å². The molecule has 0 aliphatic rings. The van der Waals surface area contributed by atoms with Gasteiger partial charge in [0.25, 0.3) is 10.0 Å². The summed E-state index contributed by atoms with van der Waals surface area (Å²) < 4.78 is 37.4. The first kappa shape index (κ1) is 17.2. The number of hydrogen-bond donors (Lipinski definition) is 2.